The molecule has 0 saturated carbocycles. The van der Waals surface area contributed by atoms with Crippen LogP contribution in [0, 0.1) is 13.8 Å². The number of carbonyl (C=O) groups is 1. The van der Waals surface area contributed by atoms with Crippen molar-refractivity contribution in [3.8, 4) is 0 Å². The zero-order chi connectivity index (χ0) is 19.3. The number of hydrogen-bond donors (Lipinski definition) is 1. The molecule has 0 aliphatic rings. The molecule has 1 N–H and O–H groups in total. The molecule has 0 spiro atoms. The van der Waals surface area contributed by atoms with Gasteiger partial charge >= 0.3 is 0 Å². The van der Waals surface area contributed by atoms with E-state index in [0.29, 0.717) is 18.7 Å². The normalized spacial score (nSPS) is 12.5. The summed E-state index contributed by atoms with van der Waals surface area (Å²) in [6.45, 7) is 5.87. The van der Waals surface area contributed by atoms with Gasteiger partial charge in [-0.15, -0.1) is 0 Å². The molecule has 0 aromatic heterocycles. The first-order valence-electron chi connectivity index (χ1n) is 8.58. The largest absolute Gasteiger partial charge is 0.354 e. The van der Waals surface area contributed by atoms with E-state index in [2.05, 4.69) is 5.32 Å². The third-order valence-corrected chi connectivity index (χ3v) is 5.35. The van der Waals surface area contributed by atoms with Crippen LogP contribution >= 0.6 is 0 Å². The van der Waals surface area contributed by atoms with E-state index in [-0.39, 0.29) is 5.91 Å². The Balaban J connectivity index is 2.13. The van der Waals surface area contributed by atoms with Crippen LogP contribution in [0.2, 0.25) is 0 Å². The summed E-state index contributed by atoms with van der Waals surface area (Å²) in [4.78, 5) is 12.5. The van der Waals surface area contributed by atoms with Crippen molar-refractivity contribution in [1.82, 2.24) is 5.32 Å². The number of nitrogens with zero attached hydrogens (tertiary/aromatic N) is 1. The van der Waals surface area contributed by atoms with Gasteiger partial charge in [-0.25, -0.2) is 8.42 Å². The standard InChI is InChI=1S/C20H26N2O3S/c1-15-12-16(2)14-19(13-15)22(26(4,24)25)17(3)20(23)21-11-10-18-8-6-5-7-9-18/h5-9,12-14,17H,10-11H2,1-4H3,(H,21,23). The van der Waals surface area contributed by atoms with Crippen LogP contribution < -0.4 is 9.62 Å². The molecule has 5 nitrogen and oxygen atoms in total. The number of aryl methyl sites for hydroxylation is 2. The summed E-state index contributed by atoms with van der Waals surface area (Å²) in [6, 6.07) is 14.5. The number of anilines is 1. The summed E-state index contributed by atoms with van der Waals surface area (Å²) in [5, 5.41) is 2.84. The second-order valence-corrected chi connectivity index (χ2v) is 8.47. The topological polar surface area (TPSA) is 66.5 Å². The maximum absolute atomic E-state index is 12.5. The van der Waals surface area contributed by atoms with Crippen molar-refractivity contribution >= 4 is 21.6 Å². The van der Waals surface area contributed by atoms with E-state index in [1.165, 1.54) is 4.31 Å². The summed E-state index contributed by atoms with van der Waals surface area (Å²) in [7, 11) is -3.60. The summed E-state index contributed by atoms with van der Waals surface area (Å²) < 4.78 is 25.9. The summed E-state index contributed by atoms with van der Waals surface area (Å²) in [5.41, 5.74) is 3.53. The van der Waals surface area contributed by atoms with Crippen LogP contribution in [0.1, 0.15) is 23.6 Å². The highest BCUT2D eigenvalue weighted by Gasteiger charge is 2.29. The predicted octanol–water partition coefficient (Wildman–Crippen LogP) is 2.82. The molecule has 0 saturated heterocycles. The Morgan fingerprint density at radius 1 is 1.08 bits per heavy atom. The fourth-order valence-corrected chi connectivity index (χ4v) is 4.17. The molecule has 2 aromatic carbocycles. The molecule has 0 radical (unpaired) electrons. The summed E-state index contributed by atoms with van der Waals surface area (Å²) in [5.74, 6) is -0.314. The van der Waals surface area contributed by atoms with Crippen molar-refractivity contribution in [2.45, 2.75) is 33.2 Å². The quantitative estimate of drug-likeness (QED) is 0.810. The average Bonchev–Trinajstić information content (AvgIpc) is 2.53. The Morgan fingerprint density at radius 2 is 1.65 bits per heavy atom. The molecule has 2 rings (SSSR count). The molecule has 0 heterocycles. The van der Waals surface area contributed by atoms with E-state index in [1.54, 1.807) is 19.1 Å². The van der Waals surface area contributed by atoms with E-state index in [1.807, 2.05) is 50.2 Å². The molecule has 1 amide bonds. The number of hydrogen-bond acceptors (Lipinski definition) is 3. The zero-order valence-corrected chi connectivity index (χ0v) is 16.5. The second kappa shape index (κ2) is 8.36. The van der Waals surface area contributed by atoms with Crippen molar-refractivity contribution in [1.29, 1.82) is 0 Å². The van der Waals surface area contributed by atoms with Gasteiger partial charge in [0.1, 0.15) is 6.04 Å². The van der Waals surface area contributed by atoms with Crippen LogP contribution in [0.15, 0.2) is 48.5 Å². The number of nitrogens with one attached hydrogen (secondary N) is 1. The summed E-state index contributed by atoms with van der Waals surface area (Å²) >= 11 is 0. The Kier molecular flexibility index (Phi) is 6.42. The number of benzene rings is 2. The Hall–Kier alpha value is -2.34. The van der Waals surface area contributed by atoms with Crippen molar-refractivity contribution in [3.63, 3.8) is 0 Å². The number of rotatable bonds is 7. The molecule has 26 heavy (non-hydrogen) atoms. The monoisotopic (exact) mass is 374 g/mol. The van der Waals surface area contributed by atoms with Gasteiger partial charge in [-0.05, 0) is 56.0 Å². The Bertz CT molecular complexity index is 844. The van der Waals surface area contributed by atoms with Gasteiger partial charge in [0, 0.05) is 6.54 Å². The second-order valence-electron chi connectivity index (χ2n) is 6.61. The van der Waals surface area contributed by atoms with Crippen molar-refractivity contribution in [3.05, 3.63) is 65.2 Å². The lowest BCUT2D eigenvalue weighted by atomic mass is 10.1. The molecule has 140 valence electrons. The maximum Gasteiger partial charge on any atom is 0.243 e. The highest BCUT2D eigenvalue weighted by atomic mass is 32.2. The fourth-order valence-electron chi connectivity index (χ4n) is 3.01. The number of sulfonamides is 1. The zero-order valence-electron chi connectivity index (χ0n) is 15.7. The highest BCUT2D eigenvalue weighted by molar-refractivity contribution is 7.92. The third-order valence-electron chi connectivity index (χ3n) is 4.11. The van der Waals surface area contributed by atoms with Crippen LogP contribution in [-0.2, 0) is 21.2 Å². The lowest BCUT2D eigenvalue weighted by Crippen LogP contribution is -2.48. The van der Waals surface area contributed by atoms with Crippen molar-refractivity contribution < 1.29 is 13.2 Å². The van der Waals surface area contributed by atoms with Crippen LogP contribution in [0.3, 0.4) is 0 Å². The molecule has 0 bridgehead atoms. The third kappa shape index (κ3) is 5.33. The number of carbonyl (C=O) groups excluding carboxylic acids is 1. The lowest BCUT2D eigenvalue weighted by Gasteiger charge is -2.28. The van der Waals surface area contributed by atoms with Gasteiger partial charge in [0.05, 0.1) is 11.9 Å². The first-order valence-corrected chi connectivity index (χ1v) is 10.4. The Labute approximate surface area is 156 Å². The molecule has 6 heteroatoms. The van der Waals surface area contributed by atoms with E-state index < -0.39 is 16.1 Å². The van der Waals surface area contributed by atoms with Gasteiger partial charge in [-0.2, -0.15) is 0 Å². The molecule has 1 unspecified atom stereocenters. The van der Waals surface area contributed by atoms with Crippen LogP contribution in [0.4, 0.5) is 5.69 Å². The minimum absolute atomic E-state index is 0.314. The average molecular weight is 375 g/mol. The van der Waals surface area contributed by atoms with E-state index >= 15 is 0 Å². The van der Waals surface area contributed by atoms with E-state index in [4.69, 9.17) is 0 Å². The maximum atomic E-state index is 12.5. The molecular weight excluding hydrogens is 348 g/mol. The van der Waals surface area contributed by atoms with Gasteiger partial charge in [-0.1, -0.05) is 36.4 Å². The van der Waals surface area contributed by atoms with Gasteiger partial charge in [0.15, 0.2) is 0 Å². The molecule has 1 atom stereocenters. The minimum Gasteiger partial charge on any atom is -0.354 e. The predicted molar refractivity (Wildman–Crippen MR) is 106 cm³/mol. The fraction of sp³-hybridized carbons (Fsp3) is 0.350. The van der Waals surface area contributed by atoms with Crippen molar-refractivity contribution in [2.75, 3.05) is 17.1 Å². The van der Waals surface area contributed by atoms with Crippen LogP contribution in [-0.4, -0.2) is 33.2 Å². The molecule has 0 fully saturated rings. The number of amides is 1. The SMILES string of the molecule is Cc1cc(C)cc(N(C(C)C(=O)NCCc2ccccc2)S(C)(=O)=O)c1. The van der Waals surface area contributed by atoms with Crippen LogP contribution in [0.5, 0.6) is 0 Å². The minimum atomic E-state index is -3.60. The van der Waals surface area contributed by atoms with Gasteiger partial charge in [0.25, 0.3) is 0 Å². The van der Waals surface area contributed by atoms with Crippen molar-refractivity contribution in [2.24, 2.45) is 0 Å². The van der Waals surface area contributed by atoms with E-state index in [9.17, 15) is 13.2 Å². The van der Waals surface area contributed by atoms with Gasteiger partial charge in [-0.3, -0.25) is 9.10 Å². The molecular formula is C20H26N2O3S. The highest BCUT2D eigenvalue weighted by Crippen LogP contribution is 2.23. The summed E-state index contributed by atoms with van der Waals surface area (Å²) in [6.07, 6.45) is 1.82. The van der Waals surface area contributed by atoms with E-state index in [0.717, 1.165) is 22.9 Å². The van der Waals surface area contributed by atoms with Gasteiger partial charge < -0.3 is 5.32 Å². The smallest absolute Gasteiger partial charge is 0.243 e. The van der Waals surface area contributed by atoms with Crippen LogP contribution in [0.25, 0.3) is 0 Å². The lowest BCUT2D eigenvalue weighted by molar-refractivity contribution is -0.121. The Morgan fingerprint density at radius 3 is 2.19 bits per heavy atom. The first-order chi connectivity index (χ1) is 12.2. The molecule has 0 aliphatic heterocycles. The van der Waals surface area contributed by atoms with Gasteiger partial charge in [0.2, 0.25) is 15.9 Å². The molecule has 2 aromatic rings. The molecule has 0 aliphatic carbocycles. The first kappa shape index (κ1) is 20.0.